The van der Waals surface area contributed by atoms with Gasteiger partial charge in [0.1, 0.15) is 6.61 Å². The SMILES string of the molecule is CC(C)OCCC(=O)COCCN1C(=O)c2ccccc2C1=O. The van der Waals surface area contributed by atoms with Crippen LogP contribution in [0.5, 0.6) is 0 Å². The first-order valence-corrected chi connectivity index (χ1v) is 7.67. The minimum absolute atomic E-state index is 0.0371. The third kappa shape index (κ3) is 4.46. The van der Waals surface area contributed by atoms with E-state index in [1.165, 1.54) is 0 Å². The first kappa shape index (κ1) is 17.3. The normalized spacial score (nSPS) is 13.8. The van der Waals surface area contributed by atoms with E-state index in [-0.39, 0.29) is 43.5 Å². The molecule has 1 aliphatic rings. The largest absolute Gasteiger partial charge is 0.378 e. The number of fused-ring (bicyclic) bond motifs is 1. The Bertz CT molecular complexity index is 561. The Hall–Kier alpha value is -2.05. The number of imide groups is 1. The van der Waals surface area contributed by atoms with Crippen LogP contribution in [0.15, 0.2) is 24.3 Å². The highest BCUT2D eigenvalue weighted by molar-refractivity contribution is 6.21. The van der Waals surface area contributed by atoms with Gasteiger partial charge in [-0.1, -0.05) is 12.1 Å². The van der Waals surface area contributed by atoms with Crippen molar-refractivity contribution in [3.8, 4) is 0 Å². The van der Waals surface area contributed by atoms with Gasteiger partial charge >= 0.3 is 0 Å². The Kier molecular flexibility index (Phi) is 6.01. The highest BCUT2D eigenvalue weighted by Crippen LogP contribution is 2.21. The number of carbonyl (C=O) groups is 3. The summed E-state index contributed by atoms with van der Waals surface area (Å²) < 4.78 is 10.5. The van der Waals surface area contributed by atoms with Gasteiger partial charge in [0.25, 0.3) is 11.8 Å². The third-order valence-corrected chi connectivity index (χ3v) is 3.43. The van der Waals surface area contributed by atoms with Gasteiger partial charge in [-0.2, -0.15) is 0 Å². The second-order valence-electron chi connectivity index (χ2n) is 5.57. The van der Waals surface area contributed by atoms with Gasteiger partial charge in [-0.25, -0.2) is 0 Å². The molecule has 0 atom stereocenters. The van der Waals surface area contributed by atoms with Gasteiger partial charge in [0, 0.05) is 6.42 Å². The van der Waals surface area contributed by atoms with E-state index in [1.54, 1.807) is 24.3 Å². The van der Waals surface area contributed by atoms with E-state index in [1.807, 2.05) is 13.8 Å². The van der Waals surface area contributed by atoms with Crippen molar-refractivity contribution in [3.05, 3.63) is 35.4 Å². The number of hydrogen-bond donors (Lipinski definition) is 0. The Morgan fingerprint density at radius 2 is 1.70 bits per heavy atom. The summed E-state index contributed by atoms with van der Waals surface area (Å²) in [5.74, 6) is -0.690. The zero-order chi connectivity index (χ0) is 16.8. The first-order valence-electron chi connectivity index (χ1n) is 7.67. The number of hydrogen-bond acceptors (Lipinski definition) is 5. The van der Waals surface area contributed by atoms with E-state index in [0.29, 0.717) is 24.2 Å². The maximum absolute atomic E-state index is 12.1. The zero-order valence-electron chi connectivity index (χ0n) is 13.4. The van der Waals surface area contributed by atoms with Gasteiger partial charge in [-0.3, -0.25) is 19.3 Å². The molecule has 1 aromatic carbocycles. The summed E-state index contributed by atoms with van der Waals surface area (Å²) in [4.78, 5) is 36.9. The van der Waals surface area contributed by atoms with Crippen molar-refractivity contribution in [2.75, 3.05) is 26.4 Å². The lowest BCUT2D eigenvalue weighted by Crippen LogP contribution is -2.33. The monoisotopic (exact) mass is 319 g/mol. The second-order valence-corrected chi connectivity index (χ2v) is 5.57. The number of nitrogens with zero attached hydrogens (tertiary/aromatic N) is 1. The zero-order valence-corrected chi connectivity index (χ0v) is 13.4. The molecule has 0 aliphatic carbocycles. The maximum atomic E-state index is 12.1. The van der Waals surface area contributed by atoms with Crippen molar-refractivity contribution in [1.29, 1.82) is 0 Å². The lowest BCUT2D eigenvalue weighted by molar-refractivity contribution is -0.125. The van der Waals surface area contributed by atoms with Crippen molar-refractivity contribution in [1.82, 2.24) is 4.90 Å². The molecule has 0 saturated carbocycles. The number of amides is 2. The average Bonchev–Trinajstić information content (AvgIpc) is 2.76. The van der Waals surface area contributed by atoms with Crippen molar-refractivity contribution < 1.29 is 23.9 Å². The molecule has 0 fully saturated rings. The molecular formula is C17H21NO5. The first-order chi connectivity index (χ1) is 11.0. The number of carbonyl (C=O) groups excluding carboxylic acids is 3. The number of ether oxygens (including phenoxy) is 2. The van der Waals surface area contributed by atoms with Crippen LogP contribution in [-0.4, -0.2) is 55.0 Å². The van der Waals surface area contributed by atoms with E-state index < -0.39 is 0 Å². The summed E-state index contributed by atoms with van der Waals surface area (Å²) in [6.07, 6.45) is 0.392. The van der Waals surface area contributed by atoms with Crippen molar-refractivity contribution in [2.45, 2.75) is 26.4 Å². The molecule has 2 amide bonds. The van der Waals surface area contributed by atoms with E-state index in [2.05, 4.69) is 0 Å². The van der Waals surface area contributed by atoms with Crippen LogP contribution in [0.25, 0.3) is 0 Å². The molecule has 6 nitrogen and oxygen atoms in total. The summed E-state index contributed by atoms with van der Waals surface area (Å²) in [6, 6.07) is 6.72. The highest BCUT2D eigenvalue weighted by Gasteiger charge is 2.34. The quantitative estimate of drug-likeness (QED) is 0.511. The summed E-state index contributed by atoms with van der Waals surface area (Å²) in [7, 11) is 0. The third-order valence-electron chi connectivity index (χ3n) is 3.43. The average molecular weight is 319 g/mol. The fourth-order valence-electron chi connectivity index (χ4n) is 2.26. The molecule has 0 bridgehead atoms. The van der Waals surface area contributed by atoms with Gasteiger partial charge in [-0.15, -0.1) is 0 Å². The maximum Gasteiger partial charge on any atom is 0.261 e. The Balaban J connectivity index is 1.71. The van der Waals surface area contributed by atoms with Crippen LogP contribution in [0, 0.1) is 0 Å². The minimum Gasteiger partial charge on any atom is -0.378 e. The summed E-state index contributed by atoms with van der Waals surface area (Å²) in [6.45, 7) is 4.43. The molecule has 0 N–H and O–H groups in total. The molecule has 6 heteroatoms. The predicted octanol–water partition coefficient (Wildman–Crippen LogP) is 1.68. The van der Waals surface area contributed by atoms with E-state index in [4.69, 9.17) is 9.47 Å². The fraction of sp³-hybridized carbons (Fsp3) is 0.471. The lowest BCUT2D eigenvalue weighted by atomic mass is 10.1. The molecule has 124 valence electrons. The van der Waals surface area contributed by atoms with Crippen LogP contribution < -0.4 is 0 Å². The van der Waals surface area contributed by atoms with Crippen LogP contribution in [0.2, 0.25) is 0 Å². The number of benzene rings is 1. The summed E-state index contributed by atoms with van der Waals surface area (Å²) in [5.41, 5.74) is 0.832. The van der Waals surface area contributed by atoms with Crippen molar-refractivity contribution >= 4 is 17.6 Å². The van der Waals surface area contributed by atoms with Crippen molar-refractivity contribution in [3.63, 3.8) is 0 Å². The highest BCUT2D eigenvalue weighted by atomic mass is 16.5. The minimum atomic E-state index is -0.314. The molecular weight excluding hydrogens is 298 g/mol. The van der Waals surface area contributed by atoms with E-state index in [9.17, 15) is 14.4 Å². The molecule has 0 saturated heterocycles. The van der Waals surface area contributed by atoms with Crippen LogP contribution in [0.3, 0.4) is 0 Å². The lowest BCUT2D eigenvalue weighted by Gasteiger charge is -2.13. The Labute approximate surface area is 135 Å². The van der Waals surface area contributed by atoms with E-state index >= 15 is 0 Å². The van der Waals surface area contributed by atoms with Gasteiger partial charge in [0.15, 0.2) is 5.78 Å². The summed E-state index contributed by atoms with van der Waals surface area (Å²) >= 11 is 0. The summed E-state index contributed by atoms with van der Waals surface area (Å²) in [5, 5.41) is 0. The molecule has 1 aliphatic heterocycles. The van der Waals surface area contributed by atoms with Crippen LogP contribution in [0.4, 0.5) is 0 Å². The van der Waals surface area contributed by atoms with Gasteiger partial charge in [0.2, 0.25) is 0 Å². The van der Waals surface area contributed by atoms with Crippen LogP contribution in [-0.2, 0) is 14.3 Å². The van der Waals surface area contributed by atoms with Gasteiger partial charge in [0.05, 0.1) is 37.0 Å². The Morgan fingerprint density at radius 1 is 1.09 bits per heavy atom. The predicted molar refractivity (Wildman–Crippen MR) is 83.3 cm³/mol. The molecule has 1 aromatic rings. The number of rotatable bonds is 9. The molecule has 23 heavy (non-hydrogen) atoms. The van der Waals surface area contributed by atoms with Gasteiger partial charge in [-0.05, 0) is 26.0 Å². The Morgan fingerprint density at radius 3 is 2.26 bits per heavy atom. The van der Waals surface area contributed by atoms with Gasteiger partial charge < -0.3 is 9.47 Å². The molecule has 1 heterocycles. The fourth-order valence-corrected chi connectivity index (χ4v) is 2.26. The topological polar surface area (TPSA) is 72.9 Å². The smallest absolute Gasteiger partial charge is 0.261 e. The van der Waals surface area contributed by atoms with Crippen LogP contribution in [0.1, 0.15) is 41.0 Å². The van der Waals surface area contributed by atoms with Crippen molar-refractivity contribution in [2.24, 2.45) is 0 Å². The molecule has 0 unspecified atom stereocenters. The second kappa shape index (κ2) is 7.99. The number of ketones is 1. The molecule has 0 radical (unpaired) electrons. The molecule has 2 rings (SSSR count). The molecule has 0 aromatic heterocycles. The standard InChI is InChI=1S/C17H21NO5/c1-12(2)23-9-7-13(19)11-22-10-8-18-16(20)14-5-3-4-6-15(14)17(18)21/h3-6,12H,7-11H2,1-2H3. The molecule has 0 spiro atoms. The van der Waals surface area contributed by atoms with E-state index in [0.717, 1.165) is 4.90 Å². The van der Waals surface area contributed by atoms with Crippen LogP contribution >= 0.6 is 0 Å². The number of Topliss-reactive ketones (excluding diaryl/α,β-unsaturated/α-hetero) is 1.